The molecule has 6 heteroatoms. The van der Waals surface area contributed by atoms with Gasteiger partial charge in [-0.15, -0.1) is 0 Å². The monoisotopic (exact) mass is 346 g/mol. The third-order valence-electron chi connectivity index (χ3n) is 4.09. The van der Waals surface area contributed by atoms with Gasteiger partial charge < -0.3 is 4.74 Å². The van der Waals surface area contributed by atoms with E-state index in [-0.39, 0.29) is 4.90 Å². The third-order valence-corrected chi connectivity index (χ3v) is 5.02. The maximum atomic E-state index is 11.2. The standard InChI is InChI=1S/C18H22N2O3S/c19-24(21,22)18-10-8-17(9-11-18)23-13-12-20(16-6-7-16)14-15-4-2-1-3-5-15/h1-5,8-11,16H,6-7,12-14H2,(H2,19,21,22). The lowest BCUT2D eigenvalue weighted by molar-refractivity contribution is 0.195. The molecule has 1 fully saturated rings. The molecule has 0 heterocycles. The molecule has 0 aliphatic heterocycles. The highest BCUT2D eigenvalue weighted by Crippen LogP contribution is 2.28. The first-order valence-corrected chi connectivity index (χ1v) is 9.61. The van der Waals surface area contributed by atoms with Gasteiger partial charge in [0.2, 0.25) is 10.0 Å². The fourth-order valence-corrected chi connectivity index (χ4v) is 3.17. The lowest BCUT2D eigenvalue weighted by Gasteiger charge is -2.22. The molecular weight excluding hydrogens is 324 g/mol. The highest BCUT2D eigenvalue weighted by Gasteiger charge is 2.28. The zero-order chi connectivity index (χ0) is 17.0. The van der Waals surface area contributed by atoms with Crippen molar-refractivity contribution in [1.82, 2.24) is 4.90 Å². The van der Waals surface area contributed by atoms with E-state index in [0.717, 1.165) is 13.1 Å². The Hall–Kier alpha value is -1.89. The molecular formula is C18H22N2O3S. The molecule has 5 nitrogen and oxygen atoms in total. The van der Waals surface area contributed by atoms with Crippen LogP contribution >= 0.6 is 0 Å². The molecule has 2 aromatic carbocycles. The van der Waals surface area contributed by atoms with Gasteiger partial charge >= 0.3 is 0 Å². The lowest BCUT2D eigenvalue weighted by atomic mass is 10.2. The number of primary sulfonamides is 1. The Morgan fingerprint density at radius 3 is 2.29 bits per heavy atom. The van der Waals surface area contributed by atoms with Crippen LogP contribution in [-0.4, -0.2) is 32.5 Å². The van der Waals surface area contributed by atoms with Gasteiger partial charge in [0.25, 0.3) is 0 Å². The third kappa shape index (κ3) is 4.80. The van der Waals surface area contributed by atoms with Crippen LogP contribution in [0.5, 0.6) is 5.75 Å². The molecule has 0 saturated heterocycles. The lowest BCUT2D eigenvalue weighted by Crippen LogP contribution is -2.30. The van der Waals surface area contributed by atoms with Crippen LogP contribution < -0.4 is 9.88 Å². The first-order chi connectivity index (χ1) is 11.5. The number of hydrogen-bond donors (Lipinski definition) is 1. The maximum absolute atomic E-state index is 11.2. The Kier molecular flexibility index (Phi) is 5.18. The topological polar surface area (TPSA) is 72.6 Å². The Balaban J connectivity index is 1.52. The fraction of sp³-hybridized carbons (Fsp3) is 0.333. The van der Waals surface area contributed by atoms with E-state index in [9.17, 15) is 8.42 Å². The van der Waals surface area contributed by atoms with Crippen molar-refractivity contribution in [3.63, 3.8) is 0 Å². The summed E-state index contributed by atoms with van der Waals surface area (Å²) < 4.78 is 28.2. The van der Waals surface area contributed by atoms with Crippen LogP contribution in [-0.2, 0) is 16.6 Å². The smallest absolute Gasteiger partial charge is 0.238 e. The van der Waals surface area contributed by atoms with Gasteiger partial charge in [-0.25, -0.2) is 13.6 Å². The van der Waals surface area contributed by atoms with E-state index < -0.39 is 10.0 Å². The Bertz CT molecular complexity index is 757. The number of sulfonamides is 1. The molecule has 0 radical (unpaired) electrons. The summed E-state index contributed by atoms with van der Waals surface area (Å²) in [5, 5.41) is 5.08. The van der Waals surface area contributed by atoms with Crippen molar-refractivity contribution in [3.8, 4) is 5.75 Å². The van der Waals surface area contributed by atoms with E-state index in [1.54, 1.807) is 12.1 Å². The minimum atomic E-state index is -3.65. The molecule has 0 bridgehead atoms. The molecule has 2 N–H and O–H groups in total. The summed E-state index contributed by atoms with van der Waals surface area (Å²) in [4.78, 5) is 2.53. The minimum Gasteiger partial charge on any atom is -0.492 e. The zero-order valence-corrected chi connectivity index (χ0v) is 14.3. The van der Waals surface area contributed by atoms with Crippen LogP contribution in [0.3, 0.4) is 0 Å². The van der Waals surface area contributed by atoms with Crippen molar-refractivity contribution >= 4 is 10.0 Å². The summed E-state index contributed by atoms with van der Waals surface area (Å²) in [5.41, 5.74) is 1.31. The van der Waals surface area contributed by atoms with Gasteiger partial charge in [0.1, 0.15) is 12.4 Å². The molecule has 128 valence electrons. The summed E-state index contributed by atoms with van der Waals surface area (Å²) in [7, 11) is -3.65. The first-order valence-electron chi connectivity index (χ1n) is 8.06. The van der Waals surface area contributed by atoms with E-state index in [1.807, 2.05) is 6.07 Å². The van der Waals surface area contributed by atoms with Gasteiger partial charge in [-0.05, 0) is 42.7 Å². The number of rotatable bonds is 8. The minimum absolute atomic E-state index is 0.0959. The van der Waals surface area contributed by atoms with Gasteiger partial charge in [0.05, 0.1) is 4.90 Å². The van der Waals surface area contributed by atoms with E-state index in [1.165, 1.54) is 30.5 Å². The summed E-state index contributed by atoms with van der Waals surface area (Å²) in [5.74, 6) is 0.651. The van der Waals surface area contributed by atoms with Crippen LogP contribution in [0, 0.1) is 0 Å². The molecule has 0 aromatic heterocycles. The van der Waals surface area contributed by atoms with Gasteiger partial charge in [-0.2, -0.15) is 0 Å². The molecule has 2 aromatic rings. The van der Waals surface area contributed by atoms with Gasteiger partial charge in [-0.1, -0.05) is 30.3 Å². The average Bonchev–Trinajstić information content (AvgIpc) is 3.39. The van der Waals surface area contributed by atoms with Crippen LogP contribution in [0.15, 0.2) is 59.5 Å². The Morgan fingerprint density at radius 2 is 1.71 bits per heavy atom. The highest BCUT2D eigenvalue weighted by molar-refractivity contribution is 7.89. The summed E-state index contributed by atoms with van der Waals surface area (Å²) in [6.45, 7) is 2.34. The molecule has 1 saturated carbocycles. The molecule has 3 rings (SSSR count). The highest BCUT2D eigenvalue weighted by atomic mass is 32.2. The second-order valence-electron chi connectivity index (χ2n) is 6.05. The van der Waals surface area contributed by atoms with Gasteiger partial charge in [0, 0.05) is 19.1 Å². The van der Waals surface area contributed by atoms with E-state index in [2.05, 4.69) is 29.2 Å². The first kappa shape index (κ1) is 17.0. The van der Waals surface area contributed by atoms with E-state index in [4.69, 9.17) is 9.88 Å². The fourth-order valence-electron chi connectivity index (χ4n) is 2.65. The van der Waals surface area contributed by atoms with E-state index in [0.29, 0.717) is 18.4 Å². The molecule has 1 aliphatic carbocycles. The molecule has 0 spiro atoms. The zero-order valence-electron chi connectivity index (χ0n) is 13.5. The predicted octanol–water partition coefficient (Wildman–Crippen LogP) is 2.38. The van der Waals surface area contributed by atoms with Crippen molar-refractivity contribution in [3.05, 3.63) is 60.2 Å². The SMILES string of the molecule is NS(=O)(=O)c1ccc(OCCN(Cc2ccccc2)C2CC2)cc1. The van der Waals surface area contributed by atoms with E-state index >= 15 is 0 Å². The summed E-state index contributed by atoms with van der Waals surface area (Å²) in [6, 6.07) is 17.3. The van der Waals surface area contributed by atoms with Crippen LogP contribution in [0.25, 0.3) is 0 Å². The second-order valence-corrected chi connectivity index (χ2v) is 7.61. The van der Waals surface area contributed by atoms with Crippen molar-refractivity contribution in [2.75, 3.05) is 13.2 Å². The van der Waals surface area contributed by atoms with Crippen LogP contribution in [0.4, 0.5) is 0 Å². The number of benzene rings is 2. The normalized spacial score (nSPS) is 14.8. The summed E-state index contributed by atoms with van der Waals surface area (Å²) in [6.07, 6.45) is 2.49. The van der Waals surface area contributed by atoms with Crippen molar-refractivity contribution in [2.45, 2.75) is 30.3 Å². The maximum Gasteiger partial charge on any atom is 0.238 e. The number of ether oxygens (including phenoxy) is 1. The number of nitrogens with zero attached hydrogens (tertiary/aromatic N) is 1. The van der Waals surface area contributed by atoms with Crippen LogP contribution in [0.2, 0.25) is 0 Å². The van der Waals surface area contributed by atoms with Crippen molar-refractivity contribution < 1.29 is 13.2 Å². The van der Waals surface area contributed by atoms with Gasteiger partial charge in [0.15, 0.2) is 0 Å². The summed E-state index contributed by atoms with van der Waals surface area (Å²) >= 11 is 0. The van der Waals surface area contributed by atoms with Crippen LogP contribution in [0.1, 0.15) is 18.4 Å². The Morgan fingerprint density at radius 1 is 1.04 bits per heavy atom. The largest absolute Gasteiger partial charge is 0.492 e. The quantitative estimate of drug-likeness (QED) is 0.796. The second kappa shape index (κ2) is 7.34. The van der Waals surface area contributed by atoms with Crippen molar-refractivity contribution in [2.24, 2.45) is 5.14 Å². The molecule has 0 atom stereocenters. The van der Waals surface area contributed by atoms with Crippen molar-refractivity contribution in [1.29, 1.82) is 0 Å². The molecule has 0 amide bonds. The molecule has 0 unspecified atom stereocenters. The molecule has 24 heavy (non-hydrogen) atoms. The molecule has 1 aliphatic rings. The number of hydrogen-bond acceptors (Lipinski definition) is 4. The predicted molar refractivity (Wildman–Crippen MR) is 93.2 cm³/mol. The Labute approximate surface area is 143 Å². The van der Waals surface area contributed by atoms with Gasteiger partial charge in [-0.3, -0.25) is 4.90 Å². The average molecular weight is 346 g/mol. The number of nitrogens with two attached hydrogens (primary N) is 1.